The molecule has 1 heterocycles. The molecule has 2 amide bonds. The summed E-state index contributed by atoms with van der Waals surface area (Å²) in [7, 11) is 3.08. The summed E-state index contributed by atoms with van der Waals surface area (Å²) < 4.78 is 0. The molecule has 0 saturated heterocycles. The van der Waals surface area contributed by atoms with E-state index in [9.17, 15) is 9.59 Å². The molecule has 0 saturated carbocycles. The summed E-state index contributed by atoms with van der Waals surface area (Å²) in [5, 5.41) is 2.51. The van der Waals surface area contributed by atoms with Gasteiger partial charge in [0.25, 0.3) is 11.8 Å². The Morgan fingerprint density at radius 1 is 1.12 bits per heavy atom. The molecule has 1 aromatic carbocycles. The summed E-state index contributed by atoms with van der Waals surface area (Å²) >= 11 is 0. The number of hydrazine groups is 1. The second-order valence-electron chi connectivity index (χ2n) is 3.76. The lowest BCUT2D eigenvalue weighted by Crippen LogP contribution is -2.45. The SMILES string of the molecule is CN1C(=O)c2ccccc2C(N)C(=O)N1C. The predicted octanol–water partition coefficient (Wildman–Crippen LogP) is 0.145. The highest BCUT2D eigenvalue weighted by Gasteiger charge is 2.33. The molecule has 84 valence electrons. The van der Waals surface area contributed by atoms with E-state index >= 15 is 0 Å². The van der Waals surface area contributed by atoms with Gasteiger partial charge in [0.2, 0.25) is 0 Å². The van der Waals surface area contributed by atoms with Crippen molar-refractivity contribution in [3.8, 4) is 0 Å². The Hall–Kier alpha value is -1.88. The van der Waals surface area contributed by atoms with Crippen LogP contribution in [0.25, 0.3) is 0 Å². The molecule has 0 aliphatic carbocycles. The average Bonchev–Trinajstić information content (AvgIpc) is 2.38. The Balaban J connectivity index is 2.62. The fourth-order valence-corrected chi connectivity index (χ4v) is 1.76. The summed E-state index contributed by atoms with van der Waals surface area (Å²) in [6, 6.07) is 6.14. The minimum atomic E-state index is -0.782. The number of amides is 2. The van der Waals surface area contributed by atoms with E-state index in [1.807, 2.05) is 0 Å². The van der Waals surface area contributed by atoms with E-state index in [1.165, 1.54) is 17.1 Å². The largest absolute Gasteiger partial charge is 0.316 e. The monoisotopic (exact) mass is 219 g/mol. The lowest BCUT2D eigenvalue weighted by Gasteiger charge is -2.26. The molecule has 1 atom stereocenters. The lowest BCUT2D eigenvalue weighted by atomic mass is 10.0. The highest BCUT2D eigenvalue weighted by atomic mass is 16.2. The molecule has 2 rings (SSSR count). The van der Waals surface area contributed by atoms with E-state index in [-0.39, 0.29) is 11.8 Å². The van der Waals surface area contributed by atoms with Crippen LogP contribution in [0.1, 0.15) is 22.0 Å². The Bertz CT molecular complexity index is 458. The van der Waals surface area contributed by atoms with Crippen molar-refractivity contribution >= 4 is 11.8 Å². The van der Waals surface area contributed by atoms with Crippen LogP contribution in [-0.2, 0) is 4.79 Å². The van der Waals surface area contributed by atoms with Crippen molar-refractivity contribution in [3.63, 3.8) is 0 Å². The van der Waals surface area contributed by atoms with Gasteiger partial charge in [-0.05, 0) is 11.6 Å². The molecule has 0 aromatic heterocycles. The molecule has 2 N–H and O–H groups in total. The highest BCUT2D eigenvalue weighted by Crippen LogP contribution is 2.23. The third-order valence-electron chi connectivity index (χ3n) is 2.86. The number of nitrogens with zero attached hydrogens (tertiary/aromatic N) is 2. The third-order valence-corrected chi connectivity index (χ3v) is 2.86. The smallest absolute Gasteiger partial charge is 0.272 e. The van der Waals surface area contributed by atoms with Crippen LogP contribution >= 0.6 is 0 Å². The van der Waals surface area contributed by atoms with Gasteiger partial charge in [-0.2, -0.15) is 0 Å². The topological polar surface area (TPSA) is 66.6 Å². The number of hydrogen-bond acceptors (Lipinski definition) is 3. The van der Waals surface area contributed by atoms with Gasteiger partial charge in [0.1, 0.15) is 6.04 Å². The first-order valence-electron chi connectivity index (χ1n) is 4.94. The van der Waals surface area contributed by atoms with Crippen LogP contribution in [0.2, 0.25) is 0 Å². The number of hydrogen-bond donors (Lipinski definition) is 1. The first-order valence-corrected chi connectivity index (χ1v) is 4.94. The Morgan fingerprint density at radius 2 is 1.75 bits per heavy atom. The average molecular weight is 219 g/mol. The zero-order chi connectivity index (χ0) is 11.9. The molecule has 5 heteroatoms. The van der Waals surface area contributed by atoms with Gasteiger partial charge >= 0.3 is 0 Å². The number of carbonyl (C=O) groups is 2. The molecule has 0 spiro atoms. The van der Waals surface area contributed by atoms with Crippen molar-refractivity contribution in [1.82, 2.24) is 10.0 Å². The number of likely N-dealkylation sites (N-methyl/N-ethyl adjacent to an activating group) is 1. The number of rotatable bonds is 0. The van der Waals surface area contributed by atoms with Gasteiger partial charge in [-0.25, -0.2) is 0 Å². The molecular formula is C11H13N3O2. The van der Waals surface area contributed by atoms with Crippen LogP contribution in [0.3, 0.4) is 0 Å². The number of fused-ring (bicyclic) bond motifs is 1. The Morgan fingerprint density at radius 3 is 2.44 bits per heavy atom. The zero-order valence-electron chi connectivity index (χ0n) is 9.18. The molecule has 0 bridgehead atoms. The molecule has 1 aliphatic heterocycles. The van der Waals surface area contributed by atoms with Gasteiger partial charge in [-0.3, -0.25) is 19.6 Å². The Labute approximate surface area is 93.4 Å². The molecule has 1 aliphatic rings. The van der Waals surface area contributed by atoms with E-state index in [1.54, 1.807) is 31.3 Å². The molecule has 0 fully saturated rings. The molecule has 5 nitrogen and oxygen atoms in total. The van der Waals surface area contributed by atoms with Gasteiger partial charge < -0.3 is 5.73 Å². The van der Waals surface area contributed by atoms with Crippen LogP contribution in [0.4, 0.5) is 0 Å². The summed E-state index contributed by atoms with van der Waals surface area (Å²) in [5.41, 5.74) is 6.89. The van der Waals surface area contributed by atoms with Crippen molar-refractivity contribution in [2.24, 2.45) is 5.73 Å². The first kappa shape index (κ1) is 10.6. The minimum absolute atomic E-state index is 0.223. The van der Waals surface area contributed by atoms with Crippen molar-refractivity contribution in [2.45, 2.75) is 6.04 Å². The van der Waals surface area contributed by atoms with Gasteiger partial charge in [0, 0.05) is 19.7 Å². The van der Waals surface area contributed by atoms with Crippen LogP contribution in [0.5, 0.6) is 0 Å². The summed E-state index contributed by atoms with van der Waals surface area (Å²) in [5.74, 6) is -0.514. The fraction of sp³-hybridized carbons (Fsp3) is 0.273. The second-order valence-corrected chi connectivity index (χ2v) is 3.76. The highest BCUT2D eigenvalue weighted by molar-refractivity contribution is 6.01. The van der Waals surface area contributed by atoms with E-state index < -0.39 is 6.04 Å². The van der Waals surface area contributed by atoms with Crippen LogP contribution in [0.15, 0.2) is 24.3 Å². The maximum atomic E-state index is 12.0. The van der Waals surface area contributed by atoms with Crippen molar-refractivity contribution in [3.05, 3.63) is 35.4 Å². The second kappa shape index (κ2) is 3.61. The van der Waals surface area contributed by atoms with Crippen LogP contribution in [-0.4, -0.2) is 35.9 Å². The third kappa shape index (κ3) is 1.37. The molecular weight excluding hydrogens is 206 g/mol. The Kier molecular flexibility index (Phi) is 2.40. The number of carbonyl (C=O) groups excluding carboxylic acids is 2. The number of nitrogens with two attached hydrogens (primary N) is 1. The molecule has 0 radical (unpaired) electrons. The minimum Gasteiger partial charge on any atom is -0.316 e. The molecule has 1 aromatic rings. The van der Waals surface area contributed by atoms with Gasteiger partial charge in [0.15, 0.2) is 0 Å². The molecule has 16 heavy (non-hydrogen) atoms. The fourth-order valence-electron chi connectivity index (χ4n) is 1.76. The van der Waals surface area contributed by atoms with Gasteiger partial charge in [0.05, 0.1) is 0 Å². The summed E-state index contributed by atoms with van der Waals surface area (Å²) in [6.45, 7) is 0. The van der Waals surface area contributed by atoms with Crippen molar-refractivity contribution in [2.75, 3.05) is 14.1 Å². The van der Waals surface area contributed by atoms with Gasteiger partial charge in [-0.15, -0.1) is 0 Å². The maximum absolute atomic E-state index is 12.0. The maximum Gasteiger partial charge on any atom is 0.272 e. The van der Waals surface area contributed by atoms with E-state index in [0.717, 1.165) is 0 Å². The summed E-state index contributed by atoms with van der Waals surface area (Å²) in [6.07, 6.45) is 0. The zero-order valence-corrected chi connectivity index (χ0v) is 9.18. The first-order chi connectivity index (χ1) is 7.54. The van der Waals surface area contributed by atoms with E-state index in [2.05, 4.69) is 0 Å². The quantitative estimate of drug-likeness (QED) is 0.675. The summed E-state index contributed by atoms with van der Waals surface area (Å²) in [4.78, 5) is 23.9. The van der Waals surface area contributed by atoms with E-state index in [4.69, 9.17) is 5.73 Å². The van der Waals surface area contributed by atoms with Crippen molar-refractivity contribution in [1.29, 1.82) is 0 Å². The number of benzene rings is 1. The van der Waals surface area contributed by atoms with E-state index in [0.29, 0.717) is 11.1 Å². The van der Waals surface area contributed by atoms with Crippen LogP contribution in [0, 0.1) is 0 Å². The standard InChI is InChI=1S/C11H13N3O2/c1-13-10(15)8-6-4-3-5-7(8)9(12)11(16)14(13)2/h3-6,9H,12H2,1-2H3. The lowest BCUT2D eigenvalue weighted by molar-refractivity contribution is -0.141. The predicted molar refractivity (Wildman–Crippen MR) is 58.2 cm³/mol. The van der Waals surface area contributed by atoms with Crippen LogP contribution < -0.4 is 5.73 Å². The van der Waals surface area contributed by atoms with Gasteiger partial charge in [-0.1, -0.05) is 18.2 Å². The molecule has 1 unspecified atom stereocenters. The van der Waals surface area contributed by atoms with Crippen molar-refractivity contribution < 1.29 is 9.59 Å². The normalized spacial score (nSPS) is 20.8.